The number of hydrogen-bond acceptors (Lipinski definition) is 2. The van der Waals surface area contributed by atoms with Crippen molar-refractivity contribution in [2.24, 2.45) is 0 Å². The predicted molar refractivity (Wildman–Crippen MR) is 74.2 cm³/mol. The number of rotatable bonds is 2. The van der Waals surface area contributed by atoms with Crippen LogP contribution in [0.3, 0.4) is 0 Å². The zero-order valence-corrected chi connectivity index (χ0v) is 11.5. The molecule has 0 bridgehead atoms. The monoisotopic (exact) mass is 340 g/mol. The normalized spacial score (nSPS) is 18.5. The zero-order valence-electron chi connectivity index (χ0n) is 9.34. The van der Waals surface area contributed by atoms with Crippen molar-refractivity contribution in [2.75, 3.05) is 6.61 Å². The van der Waals surface area contributed by atoms with Gasteiger partial charge in [0, 0.05) is 18.7 Å². The van der Waals surface area contributed by atoms with E-state index in [0.717, 1.165) is 25.3 Å². The van der Waals surface area contributed by atoms with Crippen LogP contribution in [0.25, 0.3) is 0 Å². The van der Waals surface area contributed by atoms with E-state index in [1.54, 1.807) is 0 Å². The third-order valence-corrected chi connectivity index (χ3v) is 3.65. The van der Waals surface area contributed by atoms with Gasteiger partial charge in [-0.15, -0.1) is 0 Å². The minimum atomic E-state index is 0.510. The summed E-state index contributed by atoms with van der Waals surface area (Å²) in [6.07, 6.45) is 5.04. The van der Waals surface area contributed by atoms with Crippen molar-refractivity contribution in [3.8, 4) is 5.75 Å². The van der Waals surface area contributed by atoms with Crippen molar-refractivity contribution in [1.82, 2.24) is 9.78 Å². The number of ether oxygens (including phenoxy) is 1. The lowest BCUT2D eigenvalue weighted by atomic mass is 9.93. The smallest absolute Gasteiger partial charge is 0.122 e. The second-order valence-corrected chi connectivity index (χ2v) is 5.50. The van der Waals surface area contributed by atoms with Gasteiger partial charge >= 0.3 is 0 Å². The summed E-state index contributed by atoms with van der Waals surface area (Å²) in [5.41, 5.74) is 1.31. The quantitative estimate of drug-likeness (QED) is 0.786. The summed E-state index contributed by atoms with van der Waals surface area (Å²) in [7, 11) is 0. The zero-order chi connectivity index (χ0) is 11.7. The molecule has 4 heteroatoms. The Labute approximate surface area is 114 Å². The maximum atomic E-state index is 5.67. The molecular formula is C13H13IN2O. The number of hydrogen-bond donors (Lipinski definition) is 0. The fourth-order valence-electron chi connectivity index (χ4n) is 2.27. The number of aromatic nitrogens is 2. The lowest BCUT2D eigenvalue weighted by molar-refractivity contribution is 0.256. The lowest BCUT2D eigenvalue weighted by Gasteiger charge is -2.25. The molecule has 3 rings (SSSR count). The van der Waals surface area contributed by atoms with Crippen LogP contribution >= 0.6 is 22.6 Å². The van der Waals surface area contributed by atoms with Gasteiger partial charge in [-0.3, -0.25) is 4.68 Å². The molecule has 0 saturated heterocycles. The van der Waals surface area contributed by atoms with E-state index in [2.05, 4.69) is 46.0 Å². The van der Waals surface area contributed by atoms with Gasteiger partial charge in [-0.25, -0.2) is 0 Å². The second-order valence-electron chi connectivity index (χ2n) is 4.25. The highest BCUT2D eigenvalue weighted by Crippen LogP contribution is 2.34. The van der Waals surface area contributed by atoms with Gasteiger partial charge in [-0.1, -0.05) is 18.2 Å². The first-order valence-corrected chi connectivity index (χ1v) is 6.80. The van der Waals surface area contributed by atoms with Crippen molar-refractivity contribution in [2.45, 2.75) is 18.9 Å². The number of benzene rings is 1. The molecule has 0 saturated carbocycles. The Morgan fingerprint density at radius 1 is 1.41 bits per heavy atom. The molecule has 0 aliphatic carbocycles. The van der Waals surface area contributed by atoms with Crippen molar-refractivity contribution < 1.29 is 4.74 Å². The molecule has 17 heavy (non-hydrogen) atoms. The van der Waals surface area contributed by atoms with E-state index in [1.807, 2.05) is 23.0 Å². The SMILES string of the molecule is Ic1cnn(CC2CCOc3ccccc32)c1. The first-order valence-electron chi connectivity index (χ1n) is 5.72. The summed E-state index contributed by atoms with van der Waals surface area (Å²) in [6.45, 7) is 1.74. The van der Waals surface area contributed by atoms with Gasteiger partial charge < -0.3 is 4.74 Å². The summed E-state index contributed by atoms with van der Waals surface area (Å²) in [6, 6.07) is 8.31. The van der Waals surface area contributed by atoms with Crippen LogP contribution in [-0.2, 0) is 6.54 Å². The summed E-state index contributed by atoms with van der Waals surface area (Å²) in [5.74, 6) is 1.54. The molecule has 1 aromatic carbocycles. The lowest BCUT2D eigenvalue weighted by Crippen LogP contribution is -2.18. The Kier molecular flexibility index (Phi) is 3.05. The first kappa shape index (κ1) is 11.1. The maximum absolute atomic E-state index is 5.67. The van der Waals surface area contributed by atoms with Crippen LogP contribution in [0.5, 0.6) is 5.75 Å². The first-order chi connectivity index (χ1) is 8.33. The van der Waals surface area contributed by atoms with Crippen LogP contribution in [0.15, 0.2) is 36.7 Å². The Balaban J connectivity index is 1.85. The van der Waals surface area contributed by atoms with Gasteiger partial charge in [0.15, 0.2) is 0 Å². The van der Waals surface area contributed by atoms with Crippen molar-refractivity contribution in [3.63, 3.8) is 0 Å². The topological polar surface area (TPSA) is 27.1 Å². The summed E-state index contributed by atoms with van der Waals surface area (Å²) < 4.78 is 8.87. The Morgan fingerprint density at radius 2 is 2.29 bits per heavy atom. The average molecular weight is 340 g/mol. The van der Waals surface area contributed by atoms with Crippen molar-refractivity contribution in [1.29, 1.82) is 0 Å². The molecule has 0 radical (unpaired) electrons. The molecular weight excluding hydrogens is 327 g/mol. The number of para-hydroxylation sites is 1. The van der Waals surface area contributed by atoms with E-state index in [0.29, 0.717) is 5.92 Å². The van der Waals surface area contributed by atoms with E-state index < -0.39 is 0 Å². The fourth-order valence-corrected chi connectivity index (χ4v) is 2.72. The van der Waals surface area contributed by atoms with Gasteiger partial charge in [-0.2, -0.15) is 5.10 Å². The maximum Gasteiger partial charge on any atom is 0.122 e. The predicted octanol–water partition coefficient (Wildman–Crippen LogP) is 3.05. The minimum absolute atomic E-state index is 0.510. The molecule has 1 unspecified atom stereocenters. The Hall–Kier alpha value is -1.04. The van der Waals surface area contributed by atoms with E-state index in [9.17, 15) is 0 Å². The van der Waals surface area contributed by atoms with Gasteiger partial charge in [0.05, 0.1) is 16.4 Å². The molecule has 0 amide bonds. The molecule has 2 aromatic rings. The van der Waals surface area contributed by atoms with Gasteiger partial charge in [0.1, 0.15) is 5.75 Å². The van der Waals surface area contributed by atoms with Gasteiger partial charge in [0.2, 0.25) is 0 Å². The molecule has 1 aromatic heterocycles. The van der Waals surface area contributed by atoms with Crippen LogP contribution < -0.4 is 4.74 Å². The molecule has 88 valence electrons. The van der Waals surface area contributed by atoms with Crippen molar-refractivity contribution >= 4 is 22.6 Å². The highest BCUT2D eigenvalue weighted by Gasteiger charge is 2.21. The van der Waals surface area contributed by atoms with E-state index in [-0.39, 0.29) is 0 Å². The van der Waals surface area contributed by atoms with Crippen LogP contribution in [-0.4, -0.2) is 16.4 Å². The van der Waals surface area contributed by atoms with Crippen LogP contribution in [0.2, 0.25) is 0 Å². The number of nitrogens with zero attached hydrogens (tertiary/aromatic N) is 2. The summed E-state index contributed by atoms with van der Waals surface area (Å²) in [5, 5.41) is 4.35. The molecule has 3 nitrogen and oxygen atoms in total. The molecule has 1 atom stereocenters. The molecule has 0 fully saturated rings. The Morgan fingerprint density at radius 3 is 3.12 bits per heavy atom. The number of fused-ring (bicyclic) bond motifs is 1. The van der Waals surface area contributed by atoms with E-state index >= 15 is 0 Å². The molecule has 1 aliphatic heterocycles. The summed E-state index contributed by atoms with van der Waals surface area (Å²) >= 11 is 2.29. The van der Waals surface area contributed by atoms with E-state index in [4.69, 9.17) is 4.74 Å². The molecule has 0 N–H and O–H groups in total. The highest BCUT2D eigenvalue weighted by atomic mass is 127. The van der Waals surface area contributed by atoms with Crippen molar-refractivity contribution in [3.05, 3.63) is 45.8 Å². The highest BCUT2D eigenvalue weighted by molar-refractivity contribution is 14.1. The third-order valence-electron chi connectivity index (χ3n) is 3.09. The largest absolute Gasteiger partial charge is 0.493 e. The fraction of sp³-hybridized carbons (Fsp3) is 0.308. The van der Waals surface area contributed by atoms with Crippen LogP contribution in [0, 0.1) is 3.57 Å². The van der Waals surface area contributed by atoms with Gasteiger partial charge in [-0.05, 0) is 40.6 Å². The molecule has 1 aliphatic rings. The molecule has 0 spiro atoms. The number of halogens is 1. The standard InChI is InChI=1S/C13H13IN2O/c14-11-7-15-16(9-11)8-10-5-6-17-13-4-2-1-3-12(10)13/h1-4,7,9-10H,5-6,8H2. The second kappa shape index (κ2) is 4.68. The minimum Gasteiger partial charge on any atom is -0.493 e. The van der Waals surface area contributed by atoms with Crippen LogP contribution in [0.4, 0.5) is 0 Å². The van der Waals surface area contributed by atoms with E-state index in [1.165, 1.54) is 9.13 Å². The molecule has 2 heterocycles. The summed E-state index contributed by atoms with van der Waals surface area (Å²) in [4.78, 5) is 0. The third kappa shape index (κ3) is 2.31. The van der Waals surface area contributed by atoms with Crippen LogP contribution in [0.1, 0.15) is 17.9 Å². The van der Waals surface area contributed by atoms with Gasteiger partial charge in [0.25, 0.3) is 0 Å². The Bertz CT molecular complexity index is 524. The average Bonchev–Trinajstić information content (AvgIpc) is 2.75.